The zero-order valence-electron chi connectivity index (χ0n) is 20.9. The van der Waals surface area contributed by atoms with E-state index in [4.69, 9.17) is 23.2 Å². The fraction of sp³-hybridized carbons (Fsp3) is 0.214. The average molecular weight is 573 g/mol. The summed E-state index contributed by atoms with van der Waals surface area (Å²) in [4.78, 5) is 19.1. The minimum absolute atomic E-state index is 0.0367. The number of fused-ring (bicyclic) bond motifs is 1. The Balaban J connectivity index is 1.51. The molecule has 0 aliphatic carbocycles. The van der Waals surface area contributed by atoms with Crippen LogP contribution in [0.5, 0.6) is 0 Å². The number of pyridine rings is 1. The first kappa shape index (κ1) is 27.9. The lowest BCUT2D eigenvalue weighted by molar-refractivity contribution is 0.0346. The average Bonchev–Trinajstić information content (AvgIpc) is 2.88. The molecule has 0 aliphatic heterocycles. The van der Waals surface area contributed by atoms with Gasteiger partial charge in [0.05, 0.1) is 27.4 Å². The maximum Gasteiger partial charge on any atom is 0.264 e. The molecule has 1 atom stereocenters. The molecule has 1 aromatic heterocycles. The van der Waals surface area contributed by atoms with Crippen LogP contribution in [-0.2, 0) is 15.6 Å². The van der Waals surface area contributed by atoms with Gasteiger partial charge in [-0.1, -0.05) is 59.6 Å². The highest BCUT2D eigenvalue weighted by molar-refractivity contribution is 7.93. The monoisotopic (exact) mass is 571 g/mol. The van der Waals surface area contributed by atoms with Crippen molar-refractivity contribution in [2.24, 2.45) is 0 Å². The number of nitrogens with one attached hydrogen (secondary N) is 1. The fourth-order valence-corrected chi connectivity index (χ4v) is 6.04. The van der Waals surface area contributed by atoms with E-state index in [0.29, 0.717) is 28.0 Å². The van der Waals surface area contributed by atoms with Crippen molar-refractivity contribution in [2.45, 2.75) is 30.8 Å². The highest BCUT2D eigenvalue weighted by Gasteiger charge is 2.28. The Morgan fingerprint density at radius 3 is 2.47 bits per heavy atom. The van der Waals surface area contributed by atoms with Crippen molar-refractivity contribution >= 4 is 55.7 Å². The molecule has 1 heterocycles. The Morgan fingerprint density at radius 1 is 1.03 bits per heavy atom. The lowest BCUT2D eigenvalue weighted by Crippen LogP contribution is -2.36. The summed E-state index contributed by atoms with van der Waals surface area (Å²) >= 11 is 12.7. The number of benzene rings is 3. The molecular weight excluding hydrogens is 545 g/mol. The number of amides is 1. The van der Waals surface area contributed by atoms with Gasteiger partial charge in [0, 0.05) is 35.3 Å². The second kappa shape index (κ2) is 11.3. The van der Waals surface area contributed by atoms with Crippen LogP contribution in [-0.4, -0.2) is 42.4 Å². The van der Waals surface area contributed by atoms with Crippen LogP contribution in [0.25, 0.3) is 10.9 Å². The number of aliphatic hydroxyl groups is 1. The number of carbonyl (C=O) groups is 1. The Hall–Kier alpha value is -3.17. The van der Waals surface area contributed by atoms with E-state index in [1.165, 1.54) is 30.5 Å². The number of aromatic nitrogens is 1. The Bertz CT molecular complexity index is 1590. The van der Waals surface area contributed by atoms with Crippen molar-refractivity contribution in [1.82, 2.24) is 9.88 Å². The first-order valence-corrected chi connectivity index (χ1v) is 14.2. The predicted octanol–water partition coefficient (Wildman–Crippen LogP) is 6.10. The number of para-hydroxylation sites is 1. The number of rotatable bonds is 9. The van der Waals surface area contributed by atoms with Crippen LogP contribution < -0.4 is 4.72 Å². The molecule has 0 fully saturated rings. The molecule has 0 spiro atoms. The molecule has 4 rings (SSSR count). The van der Waals surface area contributed by atoms with Crippen molar-refractivity contribution in [2.75, 3.05) is 17.8 Å². The highest BCUT2D eigenvalue weighted by Crippen LogP contribution is 2.31. The SMILES string of the molecule is CCN(CCC(C)(O)c1ccccc1Cl)C(=O)c1ccc(NS(=O)(=O)c2cccc3cccnc23)cc1Cl. The summed E-state index contributed by atoms with van der Waals surface area (Å²) in [6.45, 7) is 4.13. The maximum atomic E-state index is 13.3. The summed E-state index contributed by atoms with van der Waals surface area (Å²) in [6, 6.07) is 19.9. The largest absolute Gasteiger partial charge is 0.385 e. The van der Waals surface area contributed by atoms with E-state index in [9.17, 15) is 18.3 Å². The van der Waals surface area contributed by atoms with Crippen molar-refractivity contribution in [3.05, 3.63) is 100 Å². The van der Waals surface area contributed by atoms with Gasteiger partial charge in [0.25, 0.3) is 15.9 Å². The molecule has 0 radical (unpaired) electrons. The molecule has 4 aromatic rings. The van der Waals surface area contributed by atoms with Crippen LogP contribution in [0.1, 0.15) is 36.2 Å². The van der Waals surface area contributed by atoms with Gasteiger partial charge in [0.1, 0.15) is 4.90 Å². The van der Waals surface area contributed by atoms with E-state index in [2.05, 4.69) is 9.71 Å². The number of sulfonamides is 1. The quantitative estimate of drug-likeness (QED) is 0.253. The molecule has 3 aromatic carbocycles. The van der Waals surface area contributed by atoms with E-state index >= 15 is 0 Å². The van der Waals surface area contributed by atoms with Crippen molar-refractivity contribution in [3.8, 4) is 0 Å². The van der Waals surface area contributed by atoms with Crippen LogP contribution in [0.2, 0.25) is 10.0 Å². The Kier molecular flexibility index (Phi) is 8.28. The van der Waals surface area contributed by atoms with Crippen LogP contribution >= 0.6 is 23.2 Å². The van der Waals surface area contributed by atoms with E-state index in [-0.39, 0.29) is 40.0 Å². The summed E-state index contributed by atoms with van der Waals surface area (Å²) < 4.78 is 28.8. The third-order valence-electron chi connectivity index (χ3n) is 6.33. The van der Waals surface area contributed by atoms with Gasteiger partial charge in [-0.15, -0.1) is 0 Å². The van der Waals surface area contributed by atoms with Crippen LogP contribution in [0.4, 0.5) is 5.69 Å². The van der Waals surface area contributed by atoms with Crippen LogP contribution in [0, 0.1) is 0 Å². The molecule has 0 saturated heterocycles. The number of anilines is 1. The number of hydrogen-bond acceptors (Lipinski definition) is 5. The lowest BCUT2D eigenvalue weighted by atomic mass is 9.92. The molecule has 0 saturated carbocycles. The first-order chi connectivity index (χ1) is 18.0. The number of hydrogen-bond donors (Lipinski definition) is 2. The molecule has 1 amide bonds. The second-order valence-corrected chi connectivity index (χ2v) is 11.5. The van der Waals surface area contributed by atoms with E-state index < -0.39 is 15.6 Å². The molecule has 38 heavy (non-hydrogen) atoms. The van der Waals surface area contributed by atoms with Gasteiger partial charge in [-0.2, -0.15) is 0 Å². The third-order valence-corrected chi connectivity index (χ3v) is 8.38. The maximum absolute atomic E-state index is 13.3. The minimum atomic E-state index is -3.97. The van der Waals surface area contributed by atoms with Gasteiger partial charge in [-0.05, 0) is 56.7 Å². The number of halogens is 2. The smallest absolute Gasteiger partial charge is 0.264 e. The molecule has 1 unspecified atom stereocenters. The summed E-state index contributed by atoms with van der Waals surface area (Å²) in [6.07, 6.45) is 1.79. The number of carbonyl (C=O) groups excluding carboxylic acids is 1. The first-order valence-electron chi connectivity index (χ1n) is 12.0. The van der Waals surface area contributed by atoms with Crippen LogP contribution in [0.3, 0.4) is 0 Å². The van der Waals surface area contributed by atoms with Crippen molar-refractivity contribution < 1.29 is 18.3 Å². The molecule has 7 nitrogen and oxygen atoms in total. The summed E-state index contributed by atoms with van der Waals surface area (Å²) in [7, 11) is -3.97. The predicted molar refractivity (Wildman–Crippen MR) is 151 cm³/mol. The molecule has 198 valence electrons. The Labute approximate surface area is 232 Å². The van der Waals surface area contributed by atoms with Gasteiger partial charge < -0.3 is 10.0 Å². The van der Waals surface area contributed by atoms with E-state index in [0.717, 1.165) is 0 Å². The number of nitrogens with zero attached hydrogens (tertiary/aromatic N) is 2. The van der Waals surface area contributed by atoms with Gasteiger partial charge in [-0.25, -0.2) is 8.42 Å². The second-order valence-electron chi connectivity index (χ2n) is 9.02. The van der Waals surface area contributed by atoms with Crippen molar-refractivity contribution in [1.29, 1.82) is 0 Å². The molecule has 0 bridgehead atoms. The summed E-state index contributed by atoms with van der Waals surface area (Å²) in [5.74, 6) is -0.333. The van der Waals surface area contributed by atoms with E-state index in [1.807, 2.05) is 6.92 Å². The molecular formula is C28H27Cl2N3O4S. The third kappa shape index (κ3) is 5.94. The van der Waals surface area contributed by atoms with Crippen LogP contribution in [0.15, 0.2) is 83.9 Å². The minimum Gasteiger partial charge on any atom is -0.385 e. The molecule has 0 aliphatic rings. The zero-order valence-corrected chi connectivity index (χ0v) is 23.2. The fourth-order valence-electron chi connectivity index (χ4n) is 4.21. The zero-order chi connectivity index (χ0) is 27.5. The van der Waals surface area contributed by atoms with E-state index in [1.54, 1.807) is 60.4 Å². The van der Waals surface area contributed by atoms with Gasteiger partial charge in [0.15, 0.2) is 0 Å². The van der Waals surface area contributed by atoms with Gasteiger partial charge in [0.2, 0.25) is 0 Å². The normalized spacial score (nSPS) is 13.2. The van der Waals surface area contributed by atoms with Gasteiger partial charge in [-0.3, -0.25) is 14.5 Å². The molecule has 2 N–H and O–H groups in total. The topological polar surface area (TPSA) is 99.6 Å². The molecule has 10 heteroatoms. The van der Waals surface area contributed by atoms with Crippen molar-refractivity contribution in [3.63, 3.8) is 0 Å². The lowest BCUT2D eigenvalue weighted by Gasteiger charge is -2.29. The Morgan fingerprint density at radius 2 is 1.76 bits per heavy atom. The summed E-state index contributed by atoms with van der Waals surface area (Å²) in [5, 5.41) is 12.3. The highest BCUT2D eigenvalue weighted by atomic mass is 35.5. The standard InChI is InChI=1S/C28H27Cl2N3O4S/c1-3-33(17-15-28(2,35)22-10-4-5-11-23(22)29)27(34)21-14-13-20(18-24(21)30)32-38(36,37)25-12-6-8-19-9-7-16-31-26(19)25/h4-14,16,18,32,35H,3,15,17H2,1-2H3. The van der Waals surface area contributed by atoms with Gasteiger partial charge >= 0.3 is 0 Å². The summed E-state index contributed by atoms with van der Waals surface area (Å²) in [5.41, 5.74) is 0.131.